The molecule has 4 heteroatoms. The molecule has 13 heavy (non-hydrogen) atoms. The summed E-state index contributed by atoms with van der Waals surface area (Å²) in [6, 6.07) is -0.325. The molecule has 1 rings (SSSR count). The number of amides is 1. The summed E-state index contributed by atoms with van der Waals surface area (Å²) in [6.45, 7) is 5.02. The van der Waals surface area contributed by atoms with Crippen LogP contribution in [0, 0.1) is 5.92 Å². The first-order chi connectivity index (χ1) is 6.09. The minimum atomic E-state index is -0.866. The highest BCUT2D eigenvalue weighted by Gasteiger charge is 2.28. The molecule has 0 saturated carbocycles. The lowest BCUT2D eigenvalue weighted by molar-refractivity contribution is -0.123. The predicted octanol–water partition coefficient (Wildman–Crippen LogP) is 0.459. The molecule has 0 aromatic heterocycles. The van der Waals surface area contributed by atoms with Gasteiger partial charge in [0, 0.05) is 19.5 Å². The molecule has 1 amide bonds. The Hall–Kier alpha value is -0.640. The summed E-state index contributed by atoms with van der Waals surface area (Å²) in [5.74, 6) is 0.361. The van der Waals surface area contributed by atoms with Gasteiger partial charge in [0.2, 0.25) is 5.91 Å². The Bertz CT molecular complexity index is 184. The van der Waals surface area contributed by atoms with E-state index in [2.05, 4.69) is 10.6 Å². The van der Waals surface area contributed by atoms with Crippen molar-refractivity contribution in [1.29, 1.82) is 0 Å². The van der Waals surface area contributed by atoms with Crippen LogP contribution < -0.4 is 10.6 Å². The van der Waals surface area contributed by atoms with Crippen LogP contribution in [0.4, 0.5) is 4.39 Å². The molecule has 0 aromatic rings. The normalized spacial score (nSPS) is 28.0. The minimum Gasteiger partial charge on any atom is -0.354 e. The predicted molar refractivity (Wildman–Crippen MR) is 49.2 cm³/mol. The Kier molecular flexibility index (Phi) is 3.66. The molecule has 1 heterocycles. The molecule has 1 aliphatic rings. The molecule has 0 radical (unpaired) electrons. The van der Waals surface area contributed by atoms with Gasteiger partial charge < -0.3 is 10.6 Å². The first-order valence-corrected chi connectivity index (χ1v) is 4.74. The second-order valence-corrected chi connectivity index (χ2v) is 3.93. The largest absolute Gasteiger partial charge is 0.354 e. The highest BCUT2D eigenvalue weighted by molar-refractivity contribution is 5.82. The van der Waals surface area contributed by atoms with E-state index in [-0.39, 0.29) is 11.9 Å². The summed E-state index contributed by atoms with van der Waals surface area (Å²) >= 11 is 0. The molecule has 0 unspecified atom stereocenters. The third kappa shape index (κ3) is 3.30. The van der Waals surface area contributed by atoms with E-state index in [9.17, 15) is 9.18 Å². The fraction of sp³-hybridized carbons (Fsp3) is 0.889. The van der Waals surface area contributed by atoms with Crippen molar-refractivity contribution in [1.82, 2.24) is 10.6 Å². The van der Waals surface area contributed by atoms with E-state index >= 15 is 0 Å². The Labute approximate surface area is 78.1 Å². The number of rotatable bonds is 3. The SMILES string of the molecule is CC(C)CNC(=O)[C@@H]1C[C@H](F)CN1. The summed E-state index contributed by atoms with van der Waals surface area (Å²) in [7, 11) is 0. The van der Waals surface area contributed by atoms with Crippen LogP contribution in [0.5, 0.6) is 0 Å². The second kappa shape index (κ2) is 4.56. The number of alkyl halides is 1. The quantitative estimate of drug-likeness (QED) is 0.675. The fourth-order valence-corrected chi connectivity index (χ4v) is 1.32. The maximum atomic E-state index is 12.7. The monoisotopic (exact) mass is 188 g/mol. The van der Waals surface area contributed by atoms with Crippen LogP contribution in [0.15, 0.2) is 0 Å². The number of halogens is 1. The van der Waals surface area contributed by atoms with E-state index in [4.69, 9.17) is 0 Å². The van der Waals surface area contributed by atoms with Crippen LogP contribution in [-0.2, 0) is 4.79 Å². The van der Waals surface area contributed by atoms with Crippen molar-refractivity contribution in [3.63, 3.8) is 0 Å². The third-order valence-electron chi connectivity index (χ3n) is 2.08. The first kappa shape index (κ1) is 10.4. The average Bonchev–Trinajstić information content (AvgIpc) is 2.47. The number of nitrogens with one attached hydrogen (secondary N) is 2. The summed E-state index contributed by atoms with van der Waals surface area (Å²) in [5, 5.41) is 5.62. The summed E-state index contributed by atoms with van der Waals surface area (Å²) < 4.78 is 12.7. The number of carbonyl (C=O) groups is 1. The molecule has 0 bridgehead atoms. The summed E-state index contributed by atoms with van der Waals surface area (Å²) in [5.41, 5.74) is 0. The molecular weight excluding hydrogens is 171 g/mol. The number of hydrogen-bond acceptors (Lipinski definition) is 2. The second-order valence-electron chi connectivity index (χ2n) is 3.93. The van der Waals surface area contributed by atoms with Gasteiger partial charge in [-0.05, 0) is 5.92 Å². The van der Waals surface area contributed by atoms with Gasteiger partial charge in [-0.25, -0.2) is 4.39 Å². The molecule has 1 fully saturated rings. The maximum absolute atomic E-state index is 12.7. The summed E-state index contributed by atoms with van der Waals surface area (Å²) in [4.78, 5) is 11.4. The molecule has 0 spiro atoms. The smallest absolute Gasteiger partial charge is 0.237 e. The lowest BCUT2D eigenvalue weighted by Crippen LogP contribution is -2.41. The van der Waals surface area contributed by atoms with Crippen LogP contribution in [0.1, 0.15) is 20.3 Å². The van der Waals surface area contributed by atoms with Gasteiger partial charge >= 0.3 is 0 Å². The lowest BCUT2D eigenvalue weighted by Gasteiger charge is -2.12. The van der Waals surface area contributed by atoms with Crippen molar-refractivity contribution >= 4 is 5.91 Å². The van der Waals surface area contributed by atoms with E-state index < -0.39 is 6.17 Å². The van der Waals surface area contributed by atoms with Gasteiger partial charge in [-0.3, -0.25) is 4.79 Å². The van der Waals surface area contributed by atoms with E-state index in [0.717, 1.165) is 0 Å². The van der Waals surface area contributed by atoms with E-state index in [1.165, 1.54) is 0 Å². The van der Waals surface area contributed by atoms with Crippen LogP contribution in [0.2, 0.25) is 0 Å². The summed E-state index contributed by atoms with van der Waals surface area (Å²) in [6.07, 6.45) is -0.556. The van der Waals surface area contributed by atoms with Crippen molar-refractivity contribution in [3.8, 4) is 0 Å². The van der Waals surface area contributed by atoms with E-state index in [1.807, 2.05) is 13.8 Å². The van der Waals surface area contributed by atoms with Gasteiger partial charge in [-0.2, -0.15) is 0 Å². The molecule has 2 N–H and O–H groups in total. The molecule has 0 aliphatic carbocycles. The average molecular weight is 188 g/mol. The van der Waals surface area contributed by atoms with Gasteiger partial charge in [0.25, 0.3) is 0 Å². The van der Waals surface area contributed by atoms with Gasteiger partial charge in [0.05, 0.1) is 6.04 Å². The first-order valence-electron chi connectivity index (χ1n) is 4.74. The van der Waals surface area contributed by atoms with Gasteiger partial charge in [0.1, 0.15) is 6.17 Å². The van der Waals surface area contributed by atoms with Gasteiger partial charge in [-0.15, -0.1) is 0 Å². The topological polar surface area (TPSA) is 41.1 Å². The number of hydrogen-bond donors (Lipinski definition) is 2. The molecule has 1 aliphatic heterocycles. The third-order valence-corrected chi connectivity index (χ3v) is 2.08. The Morgan fingerprint density at radius 1 is 1.69 bits per heavy atom. The van der Waals surface area contributed by atoms with Crippen molar-refractivity contribution in [2.75, 3.05) is 13.1 Å². The molecular formula is C9H17FN2O. The lowest BCUT2D eigenvalue weighted by atomic mass is 10.2. The number of carbonyl (C=O) groups excluding carboxylic acids is 1. The standard InChI is InChI=1S/C9H17FN2O/c1-6(2)4-12-9(13)8-3-7(10)5-11-8/h6-8,11H,3-5H2,1-2H3,(H,12,13)/t7-,8-/m0/s1. The van der Waals surface area contributed by atoms with Crippen molar-refractivity contribution in [2.24, 2.45) is 5.92 Å². The Morgan fingerprint density at radius 3 is 2.85 bits per heavy atom. The van der Waals surface area contributed by atoms with Crippen LogP contribution in [0.25, 0.3) is 0 Å². The zero-order valence-corrected chi connectivity index (χ0v) is 8.14. The molecule has 3 nitrogen and oxygen atoms in total. The molecule has 2 atom stereocenters. The van der Waals surface area contributed by atoms with Crippen molar-refractivity contribution < 1.29 is 9.18 Å². The Balaban J connectivity index is 2.24. The molecule has 1 saturated heterocycles. The van der Waals surface area contributed by atoms with Crippen molar-refractivity contribution in [2.45, 2.75) is 32.5 Å². The van der Waals surface area contributed by atoms with Gasteiger partial charge in [-0.1, -0.05) is 13.8 Å². The van der Waals surface area contributed by atoms with Crippen LogP contribution in [-0.4, -0.2) is 31.2 Å². The zero-order chi connectivity index (χ0) is 9.84. The highest BCUT2D eigenvalue weighted by Crippen LogP contribution is 2.09. The van der Waals surface area contributed by atoms with Gasteiger partial charge in [0.15, 0.2) is 0 Å². The highest BCUT2D eigenvalue weighted by atomic mass is 19.1. The van der Waals surface area contributed by atoms with Crippen LogP contribution in [0.3, 0.4) is 0 Å². The van der Waals surface area contributed by atoms with Crippen LogP contribution >= 0.6 is 0 Å². The molecule has 0 aromatic carbocycles. The Morgan fingerprint density at radius 2 is 2.38 bits per heavy atom. The van der Waals surface area contributed by atoms with E-state index in [1.54, 1.807) is 0 Å². The molecule has 76 valence electrons. The van der Waals surface area contributed by atoms with Crippen molar-refractivity contribution in [3.05, 3.63) is 0 Å². The minimum absolute atomic E-state index is 0.0751. The maximum Gasteiger partial charge on any atom is 0.237 e. The van der Waals surface area contributed by atoms with E-state index in [0.29, 0.717) is 25.4 Å². The fourth-order valence-electron chi connectivity index (χ4n) is 1.32. The zero-order valence-electron chi connectivity index (χ0n) is 8.14.